The fourth-order valence-corrected chi connectivity index (χ4v) is 3.32. The SMILES string of the molecule is COc1ccc(F)c(F)c1CN1CC(=O)N(c2ccccc2C)CC1C. The van der Waals surface area contributed by atoms with Crippen LogP contribution in [0, 0.1) is 18.6 Å². The molecule has 1 saturated heterocycles. The molecule has 1 amide bonds. The van der Waals surface area contributed by atoms with Crippen molar-refractivity contribution in [2.45, 2.75) is 26.4 Å². The van der Waals surface area contributed by atoms with Crippen LogP contribution >= 0.6 is 0 Å². The monoisotopic (exact) mass is 360 g/mol. The third-order valence-electron chi connectivity index (χ3n) is 4.85. The van der Waals surface area contributed by atoms with Gasteiger partial charge in [0.15, 0.2) is 11.6 Å². The molecule has 0 aromatic heterocycles. The maximum atomic E-state index is 14.2. The maximum absolute atomic E-state index is 14.2. The lowest BCUT2D eigenvalue weighted by Crippen LogP contribution is -2.55. The van der Waals surface area contributed by atoms with Crippen molar-refractivity contribution in [3.8, 4) is 5.75 Å². The predicted molar refractivity (Wildman–Crippen MR) is 96.3 cm³/mol. The number of amides is 1. The molecule has 1 aliphatic heterocycles. The molecule has 0 saturated carbocycles. The van der Waals surface area contributed by atoms with E-state index in [1.54, 1.807) is 4.90 Å². The molecule has 1 atom stereocenters. The van der Waals surface area contributed by atoms with Crippen LogP contribution < -0.4 is 9.64 Å². The number of benzene rings is 2. The number of methoxy groups -OCH3 is 1. The Morgan fingerprint density at radius 3 is 2.62 bits per heavy atom. The number of para-hydroxylation sites is 1. The number of halogens is 2. The van der Waals surface area contributed by atoms with Gasteiger partial charge in [0.1, 0.15) is 5.75 Å². The number of ether oxygens (including phenoxy) is 1. The first kappa shape index (κ1) is 18.3. The Bertz CT molecular complexity index is 825. The molecule has 3 rings (SSSR count). The molecule has 6 heteroatoms. The number of nitrogens with zero attached hydrogens (tertiary/aromatic N) is 2. The summed E-state index contributed by atoms with van der Waals surface area (Å²) >= 11 is 0. The zero-order valence-electron chi connectivity index (χ0n) is 15.1. The van der Waals surface area contributed by atoms with Gasteiger partial charge in [-0.2, -0.15) is 0 Å². The normalized spacial score (nSPS) is 18.3. The van der Waals surface area contributed by atoms with Crippen LogP contribution in [0.1, 0.15) is 18.1 Å². The highest BCUT2D eigenvalue weighted by molar-refractivity contribution is 5.96. The summed E-state index contributed by atoms with van der Waals surface area (Å²) in [5.74, 6) is -1.62. The van der Waals surface area contributed by atoms with E-state index in [1.165, 1.54) is 13.2 Å². The molecular formula is C20H22F2N2O2. The number of hydrogen-bond donors (Lipinski definition) is 0. The van der Waals surface area contributed by atoms with Crippen LogP contribution in [-0.4, -0.2) is 37.0 Å². The lowest BCUT2D eigenvalue weighted by molar-refractivity contribution is -0.122. The lowest BCUT2D eigenvalue weighted by Gasteiger charge is -2.40. The zero-order chi connectivity index (χ0) is 18.8. The molecule has 138 valence electrons. The molecule has 1 heterocycles. The van der Waals surface area contributed by atoms with Crippen molar-refractivity contribution in [2.24, 2.45) is 0 Å². The molecule has 1 fully saturated rings. The van der Waals surface area contributed by atoms with E-state index in [2.05, 4.69) is 0 Å². The summed E-state index contributed by atoms with van der Waals surface area (Å²) in [5, 5.41) is 0. The number of carbonyl (C=O) groups is 1. The average molecular weight is 360 g/mol. The highest BCUT2D eigenvalue weighted by Gasteiger charge is 2.32. The second kappa shape index (κ2) is 7.41. The number of hydrogen-bond acceptors (Lipinski definition) is 3. The van der Waals surface area contributed by atoms with Crippen molar-refractivity contribution in [3.63, 3.8) is 0 Å². The molecule has 0 radical (unpaired) electrons. The summed E-state index contributed by atoms with van der Waals surface area (Å²) in [6.07, 6.45) is 0. The first-order valence-corrected chi connectivity index (χ1v) is 8.53. The van der Waals surface area contributed by atoms with Gasteiger partial charge in [0.2, 0.25) is 5.91 Å². The molecule has 0 aliphatic carbocycles. The third kappa shape index (κ3) is 3.42. The third-order valence-corrected chi connectivity index (χ3v) is 4.85. The van der Waals surface area contributed by atoms with Crippen molar-refractivity contribution < 1.29 is 18.3 Å². The van der Waals surface area contributed by atoms with Crippen LogP contribution in [0.4, 0.5) is 14.5 Å². The van der Waals surface area contributed by atoms with Gasteiger partial charge in [-0.3, -0.25) is 9.69 Å². The van der Waals surface area contributed by atoms with Crippen LogP contribution in [0.2, 0.25) is 0 Å². The molecule has 26 heavy (non-hydrogen) atoms. The second-order valence-corrected chi connectivity index (χ2v) is 6.59. The average Bonchev–Trinajstić information content (AvgIpc) is 2.62. The van der Waals surface area contributed by atoms with E-state index in [9.17, 15) is 13.6 Å². The number of carbonyl (C=O) groups excluding carboxylic acids is 1. The molecule has 2 aromatic rings. The van der Waals surface area contributed by atoms with Crippen molar-refractivity contribution in [1.82, 2.24) is 4.90 Å². The first-order chi connectivity index (χ1) is 12.4. The number of aryl methyl sites for hydroxylation is 1. The van der Waals surface area contributed by atoms with Gasteiger partial charge in [0, 0.05) is 30.4 Å². The summed E-state index contributed by atoms with van der Waals surface area (Å²) in [4.78, 5) is 16.3. The minimum Gasteiger partial charge on any atom is -0.496 e. The Balaban J connectivity index is 1.82. The fraction of sp³-hybridized carbons (Fsp3) is 0.350. The van der Waals surface area contributed by atoms with E-state index in [0.717, 1.165) is 17.3 Å². The van der Waals surface area contributed by atoms with Gasteiger partial charge in [0.25, 0.3) is 0 Å². The Labute approximate surface area is 152 Å². The smallest absolute Gasteiger partial charge is 0.241 e. The van der Waals surface area contributed by atoms with Crippen molar-refractivity contribution in [1.29, 1.82) is 0 Å². The maximum Gasteiger partial charge on any atom is 0.241 e. The Kier molecular flexibility index (Phi) is 5.23. The standard InChI is InChI=1S/C20H22F2N2O2/c1-13-6-4-5-7-17(13)24-10-14(2)23(12-19(24)25)11-15-18(26-3)9-8-16(21)20(15)22/h4-9,14H,10-12H2,1-3H3. The van der Waals surface area contributed by atoms with Gasteiger partial charge < -0.3 is 9.64 Å². The van der Waals surface area contributed by atoms with E-state index in [1.807, 2.05) is 43.0 Å². The van der Waals surface area contributed by atoms with Gasteiger partial charge in [-0.15, -0.1) is 0 Å². The number of anilines is 1. The highest BCUT2D eigenvalue weighted by Crippen LogP contribution is 2.28. The van der Waals surface area contributed by atoms with E-state index in [-0.39, 0.29) is 36.4 Å². The molecule has 1 unspecified atom stereocenters. The molecular weight excluding hydrogens is 338 g/mol. The minimum absolute atomic E-state index is 0.0142. The zero-order valence-corrected chi connectivity index (χ0v) is 15.1. The fourth-order valence-electron chi connectivity index (χ4n) is 3.32. The lowest BCUT2D eigenvalue weighted by atomic mass is 10.1. The Hall–Kier alpha value is -2.47. The number of piperazine rings is 1. The van der Waals surface area contributed by atoms with Crippen LogP contribution in [0.3, 0.4) is 0 Å². The van der Waals surface area contributed by atoms with Gasteiger partial charge >= 0.3 is 0 Å². The van der Waals surface area contributed by atoms with Gasteiger partial charge in [-0.1, -0.05) is 18.2 Å². The van der Waals surface area contributed by atoms with E-state index >= 15 is 0 Å². The molecule has 0 spiro atoms. The largest absolute Gasteiger partial charge is 0.496 e. The summed E-state index contributed by atoms with van der Waals surface area (Å²) in [7, 11) is 1.42. The number of rotatable bonds is 4. The molecule has 1 aliphatic rings. The second-order valence-electron chi connectivity index (χ2n) is 6.59. The minimum atomic E-state index is -0.926. The topological polar surface area (TPSA) is 32.8 Å². The van der Waals surface area contributed by atoms with Crippen LogP contribution in [0.5, 0.6) is 5.75 Å². The van der Waals surface area contributed by atoms with E-state index in [4.69, 9.17) is 4.74 Å². The summed E-state index contributed by atoms with van der Waals surface area (Å²) in [5.41, 5.74) is 2.05. The Morgan fingerprint density at radius 2 is 1.92 bits per heavy atom. The highest BCUT2D eigenvalue weighted by atomic mass is 19.2. The van der Waals surface area contributed by atoms with Crippen LogP contribution in [-0.2, 0) is 11.3 Å². The first-order valence-electron chi connectivity index (χ1n) is 8.53. The van der Waals surface area contributed by atoms with E-state index < -0.39 is 11.6 Å². The van der Waals surface area contributed by atoms with Crippen LogP contribution in [0.15, 0.2) is 36.4 Å². The van der Waals surface area contributed by atoms with Crippen molar-refractivity contribution in [3.05, 3.63) is 59.2 Å². The summed E-state index contributed by atoms with van der Waals surface area (Å²) in [6.45, 7) is 4.67. The van der Waals surface area contributed by atoms with Gasteiger partial charge in [-0.05, 0) is 37.6 Å². The summed E-state index contributed by atoms with van der Waals surface area (Å²) < 4.78 is 33.0. The predicted octanol–water partition coefficient (Wildman–Crippen LogP) is 3.52. The quantitative estimate of drug-likeness (QED) is 0.836. The molecule has 0 bridgehead atoms. The molecule has 4 nitrogen and oxygen atoms in total. The van der Waals surface area contributed by atoms with Gasteiger partial charge in [0.05, 0.1) is 13.7 Å². The van der Waals surface area contributed by atoms with Crippen molar-refractivity contribution in [2.75, 3.05) is 25.1 Å². The van der Waals surface area contributed by atoms with E-state index in [0.29, 0.717) is 6.54 Å². The molecule has 0 N–H and O–H groups in total. The Morgan fingerprint density at radius 1 is 1.19 bits per heavy atom. The van der Waals surface area contributed by atoms with Gasteiger partial charge in [-0.25, -0.2) is 8.78 Å². The summed E-state index contributed by atoms with van der Waals surface area (Å²) in [6, 6.07) is 10.2. The van der Waals surface area contributed by atoms with Crippen LogP contribution in [0.25, 0.3) is 0 Å². The van der Waals surface area contributed by atoms with Crippen molar-refractivity contribution >= 4 is 11.6 Å². The molecule has 2 aromatic carbocycles.